The van der Waals surface area contributed by atoms with Gasteiger partial charge in [0.25, 0.3) is 0 Å². The summed E-state index contributed by atoms with van der Waals surface area (Å²) in [5.74, 6) is -0.202. The van der Waals surface area contributed by atoms with Gasteiger partial charge >= 0.3 is 0 Å². The molecule has 40 heavy (non-hydrogen) atoms. The molecular formula is C31H40N4O4S. The maximum Gasteiger partial charge on any atom is 0.246 e. The Morgan fingerprint density at radius 1 is 1.02 bits per heavy atom. The van der Waals surface area contributed by atoms with Crippen LogP contribution in [0.1, 0.15) is 31.4 Å². The van der Waals surface area contributed by atoms with Crippen molar-refractivity contribution < 1.29 is 19.1 Å². The van der Waals surface area contributed by atoms with Crippen LogP contribution in [0.25, 0.3) is 10.1 Å². The largest absolute Gasteiger partial charge is 0.497 e. The van der Waals surface area contributed by atoms with Gasteiger partial charge in [0.15, 0.2) is 0 Å². The number of hydrogen-bond donors (Lipinski definition) is 2. The lowest BCUT2D eigenvalue weighted by atomic mass is 9.99. The van der Waals surface area contributed by atoms with Gasteiger partial charge in [0.05, 0.1) is 7.11 Å². The summed E-state index contributed by atoms with van der Waals surface area (Å²) in [6.45, 7) is 3.77. The molecular weight excluding hydrogens is 524 g/mol. The van der Waals surface area contributed by atoms with Crippen molar-refractivity contribution in [3.63, 3.8) is 0 Å². The fourth-order valence-electron chi connectivity index (χ4n) is 4.47. The quantitative estimate of drug-likeness (QED) is 0.326. The van der Waals surface area contributed by atoms with Gasteiger partial charge in [0.2, 0.25) is 17.7 Å². The van der Waals surface area contributed by atoms with Crippen LogP contribution in [0.5, 0.6) is 5.75 Å². The van der Waals surface area contributed by atoms with Crippen LogP contribution in [0.15, 0.2) is 66.1 Å². The summed E-state index contributed by atoms with van der Waals surface area (Å²) in [6, 6.07) is 13.8. The first-order valence-corrected chi connectivity index (χ1v) is 14.1. The molecule has 8 nitrogen and oxygen atoms in total. The third-order valence-corrected chi connectivity index (χ3v) is 7.94. The molecule has 2 aromatic carbocycles. The summed E-state index contributed by atoms with van der Waals surface area (Å²) in [5.41, 5.74) is 7.46. The molecule has 0 radical (unpaired) electrons. The molecule has 2 atom stereocenters. The number of benzene rings is 2. The van der Waals surface area contributed by atoms with Crippen molar-refractivity contribution in [1.82, 2.24) is 15.1 Å². The topological polar surface area (TPSA) is 105 Å². The Kier molecular flexibility index (Phi) is 10.5. The number of fused-ring (bicyclic) bond motifs is 1. The number of nitrogens with zero attached hydrogens (tertiary/aromatic N) is 2. The zero-order chi connectivity index (χ0) is 29.4. The molecule has 3 aromatic rings. The summed E-state index contributed by atoms with van der Waals surface area (Å²) in [5, 5.41) is 5.77. The smallest absolute Gasteiger partial charge is 0.246 e. The van der Waals surface area contributed by atoms with Gasteiger partial charge in [-0.05, 0) is 66.4 Å². The summed E-state index contributed by atoms with van der Waals surface area (Å²) in [6.07, 6.45) is 4.34. The number of carbonyl (C=O) groups is 3. The van der Waals surface area contributed by atoms with Crippen molar-refractivity contribution in [2.24, 2.45) is 5.73 Å². The summed E-state index contributed by atoms with van der Waals surface area (Å²) in [4.78, 5) is 43.3. The van der Waals surface area contributed by atoms with Gasteiger partial charge in [-0.25, -0.2) is 0 Å². The molecule has 0 saturated heterocycles. The number of rotatable bonds is 12. The highest BCUT2D eigenvalue weighted by Gasteiger charge is 2.35. The minimum absolute atomic E-state index is 0.287. The van der Waals surface area contributed by atoms with Crippen LogP contribution in [0.3, 0.4) is 0 Å². The molecule has 1 heterocycles. The number of methoxy groups -OCH3 is 1. The Hall–Kier alpha value is -3.69. The third kappa shape index (κ3) is 7.92. The number of nitrogens with one attached hydrogen (secondary N) is 1. The van der Waals surface area contributed by atoms with Gasteiger partial charge < -0.3 is 25.6 Å². The van der Waals surface area contributed by atoms with E-state index in [9.17, 15) is 14.4 Å². The summed E-state index contributed by atoms with van der Waals surface area (Å²) in [7, 11) is 6.39. The van der Waals surface area contributed by atoms with Gasteiger partial charge in [0.1, 0.15) is 17.8 Å². The number of thiophene rings is 1. The maximum atomic E-state index is 14.1. The van der Waals surface area contributed by atoms with Crippen LogP contribution in [-0.4, -0.2) is 73.4 Å². The van der Waals surface area contributed by atoms with Gasteiger partial charge in [-0.15, -0.1) is 11.3 Å². The molecule has 3 rings (SSSR count). The van der Waals surface area contributed by atoms with Crippen LogP contribution in [0, 0.1) is 0 Å². The van der Waals surface area contributed by atoms with E-state index in [1.165, 1.54) is 15.9 Å². The molecule has 214 valence electrons. The van der Waals surface area contributed by atoms with Crippen LogP contribution in [0.4, 0.5) is 0 Å². The monoisotopic (exact) mass is 564 g/mol. The zero-order valence-electron chi connectivity index (χ0n) is 24.1. The Bertz CT molecular complexity index is 1340. The lowest BCUT2D eigenvalue weighted by Gasteiger charge is -2.34. The summed E-state index contributed by atoms with van der Waals surface area (Å²) < 4.78 is 6.35. The van der Waals surface area contributed by atoms with Crippen molar-refractivity contribution in [2.45, 2.75) is 50.7 Å². The molecule has 0 unspecified atom stereocenters. The second-order valence-corrected chi connectivity index (χ2v) is 11.6. The molecule has 0 saturated carbocycles. The van der Waals surface area contributed by atoms with Gasteiger partial charge in [-0.3, -0.25) is 14.4 Å². The molecule has 3 amide bonds. The fourth-order valence-corrected chi connectivity index (χ4v) is 5.45. The Morgan fingerprint density at radius 3 is 2.33 bits per heavy atom. The van der Waals surface area contributed by atoms with E-state index < -0.39 is 17.6 Å². The highest BCUT2D eigenvalue weighted by atomic mass is 32.1. The number of hydrogen-bond acceptors (Lipinski definition) is 6. The van der Waals surface area contributed by atoms with Crippen LogP contribution >= 0.6 is 11.3 Å². The average Bonchev–Trinajstić information content (AvgIpc) is 3.35. The molecule has 0 fully saturated rings. The van der Waals surface area contributed by atoms with E-state index in [0.717, 1.165) is 21.2 Å². The summed E-state index contributed by atoms with van der Waals surface area (Å²) >= 11 is 1.60. The van der Waals surface area contributed by atoms with Crippen molar-refractivity contribution in [2.75, 3.05) is 28.3 Å². The van der Waals surface area contributed by atoms with E-state index in [0.29, 0.717) is 25.0 Å². The van der Waals surface area contributed by atoms with E-state index in [-0.39, 0.29) is 17.7 Å². The predicted molar refractivity (Wildman–Crippen MR) is 161 cm³/mol. The molecule has 0 aliphatic rings. The van der Waals surface area contributed by atoms with Crippen LogP contribution in [0.2, 0.25) is 0 Å². The lowest BCUT2D eigenvalue weighted by Crippen LogP contribution is -2.55. The first kappa shape index (κ1) is 30.8. The second-order valence-electron chi connectivity index (χ2n) is 10.7. The van der Waals surface area contributed by atoms with Gasteiger partial charge in [0, 0.05) is 44.2 Å². The minimum atomic E-state index is -0.825. The SMILES string of the molecule is CNC(=O)[C@@H](Cc1ccc(OC)cc1)N(C)C(=O)[C@@H](Cc1csc2ccccc12)N(C)C(=O)/C=C/CC(C)(C)N. The normalized spacial score (nSPS) is 13.2. The van der Waals surface area contributed by atoms with Crippen molar-refractivity contribution in [1.29, 1.82) is 0 Å². The minimum Gasteiger partial charge on any atom is -0.497 e. The number of likely N-dealkylation sites (N-methyl/N-ethyl adjacent to an activating group) is 3. The molecule has 0 aliphatic heterocycles. The number of carbonyl (C=O) groups excluding carboxylic acids is 3. The van der Waals surface area contributed by atoms with Gasteiger partial charge in [-0.2, -0.15) is 0 Å². The first-order chi connectivity index (χ1) is 18.9. The Morgan fingerprint density at radius 2 is 1.70 bits per heavy atom. The van der Waals surface area contributed by atoms with Crippen molar-refractivity contribution >= 4 is 39.1 Å². The van der Waals surface area contributed by atoms with E-state index in [2.05, 4.69) is 5.32 Å². The Balaban J connectivity index is 1.93. The molecule has 3 N–H and O–H groups in total. The number of nitrogens with two attached hydrogens (primary N) is 1. The van der Waals surface area contributed by atoms with E-state index in [1.54, 1.807) is 45.7 Å². The fraction of sp³-hybridized carbons (Fsp3) is 0.387. The van der Waals surface area contributed by atoms with Crippen LogP contribution < -0.4 is 15.8 Å². The molecule has 9 heteroatoms. The molecule has 1 aromatic heterocycles. The highest BCUT2D eigenvalue weighted by Crippen LogP contribution is 2.28. The third-order valence-electron chi connectivity index (χ3n) is 6.93. The molecule has 0 bridgehead atoms. The zero-order valence-corrected chi connectivity index (χ0v) is 25.0. The van der Waals surface area contributed by atoms with Crippen LogP contribution in [-0.2, 0) is 27.2 Å². The van der Waals surface area contributed by atoms with E-state index in [4.69, 9.17) is 10.5 Å². The van der Waals surface area contributed by atoms with Gasteiger partial charge in [-0.1, -0.05) is 36.4 Å². The molecule has 0 spiro atoms. The highest BCUT2D eigenvalue weighted by molar-refractivity contribution is 7.17. The number of ether oxygens (including phenoxy) is 1. The van der Waals surface area contributed by atoms with E-state index in [1.807, 2.05) is 67.8 Å². The maximum absolute atomic E-state index is 14.1. The first-order valence-electron chi connectivity index (χ1n) is 13.2. The van der Waals surface area contributed by atoms with Crippen molar-refractivity contribution in [3.8, 4) is 5.75 Å². The standard InChI is InChI=1S/C31H40N4O4S/c1-31(2,32)17-9-12-28(36)34(4)26(19-22-20-40-27-11-8-7-10-24(22)27)30(38)35(5)25(29(37)33-3)18-21-13-15-23(39-6)16-14-21/h7-16,20,25-26H,17-19,32H2,1-6H3,(H,33,37)/b12-9+/t25-,26-/m1/s1. The number of amides is 3. The van der Waals surface area contributed by atoms with Crippen molar-refractivity contribution in [3.05, 3.63) is 77.2 Å². The predicted octanol–water partition coefficient (Wildman–Crippen LogP) is 3.78. The second kappa shape index (κ2) is 13.6. The lowest BCUT2D eigenvalue weighted by molar-refractivity contribution is -0.146. The Labute approximate surface area is 240 Å². The average molecular weight is 565 g/mol. The molecule has 0 aliphatic carbocycles. The van der Waals surface area contributed by atoms with E-state index >= 15 is 0 Å².